The summed E-state index contributed by atoms with van der Waals surface area (Å²) in [7, 11) is -4.13. The fourth-order valence-corrected chi connectivity index (χ4v) is 4.72. The van der Waals surface area contributed by atoms with Crippen LogP contribution in [-0.2, 0) is 14.8 Å². The van der Waals surface area contributed by atoms with Crippen LogP contribution in [0.2, 0.25) is 5.02 Å². The zero-order chi connectivity index (χ0) is 25.4. The first-order valence-electron chi connectivity index (χ1n) is 10.9. The number of rotatable bonds is 11. The number of anilines is 1. The summed E-state index contributed by atoms with van der Waals surface area (Å²) in [6, 6.07) is 16.0. The Kier molecular flexibility index (Phi) is 8.95. The molecule has 10 heteroatoms. The van der Waals surface area contributed by atoms with Gasteiger partial charge in [0, 0.05) is 5.02 Å². The lowest BCUT2D eigenvalue weighted by Gasteiger charge is -2.24. The highest BCUT2D eigenvalue weighted by Crippen LogP contribution is 2.25. The molecular weight excluding hydrogens is 495 g/mol. The van der Waals surface area contributed by atoms with Crippen molar-refractivity contribution in [2.45, 2.75) is 18.7 Å². The van der Waals surface area contributed by atoms with E-state index < -0.39 is 28.3 Å². The van der Waals surface area contributed by atoms with Crippen molar-refractivity contribution in [1.29, 1.82) is 0 Å². The first kappa shape index (κ1) is 26.3. The summed E-state index contributed by atoms with van der Waals surface area (Å²) in [6.07, 6.45) is 0. The molecule has 0 heterocycles. The van der Waals surface area contributed by atoms with Crippen molar-refractivity contribution in [2.75, 3.05) is 30.6 Å². The van der Waals surface area contributed by atoms with Crippen molar-refractivity contribution >= 4 is 33.2 Å². The van der Waals surface area contributed by atoms with E-state index in [9.17, 15) is 17.6 Å². The van der Waals surface area contributed by atoms with Crippen molar-refractivity contribution in [3.63, 3.8) is 0 Å². The lowest BCUT2D eigenvalue weighted by molar-refractivity contribution is -0.119. The third-order valence-electron chi connectivity index (χ3n) is 4.96. The number of hydrogen-bond donors (Lipinski definition) is 1. The molecule has 0 aromatic heterocycles. The Hall–Kier alpha value is -3.30. The maximum atomic E-state index is 13.5. The topological polar surface area (TPSA) is 84.9 Å². The maximum absolute atomic E-state index is 13.5. The number of hydrogen-bond acceptors (Lipinski definition) is 5. The smallest absolute Gasteiger partial charge is 0.264 e. The van der Waals surface area contributed by atoms with Gasteiger partial charge >= 0.3 is 0 Å². The zero-order valence-electron chi connectivity index (χ0n) is 19.3. The fourth-order valence-electron chi connectivity index (χ4n) is 3.13. The van der Waals surface area contributed by atoms with Gasteiger partial charge in [0.2, 0.25) is 5.91 Å². The number of sulfonamides is 1. The van der Waals surface area contributed by atoms with E-state index in [2.05, 4.69) is 5.32 Å². The van der Waals surface area contributed by atoms with Crippen molar-refractivity contribution in [1.82, 2.24) is 5.32 Å². The average molecular weight is 521 g/mol. The first-order valence-corrected chi connectivity index (χ1v) is 12.7. The zero-order valence-corrected chi connectivity index (χ0v) is 20.9. The van der Waals surface area contributed by atoms with Crippen LogP contribution in [0, 0.1) is 12.7 Å². The number of nitrogens with one attached hydrogen (secondary N) is 1. The van der Waals surface area contributed by atoms with Crippen LogP contribution in [0.3, 0.4) is 0 Å². The molecule has 0 aliphatic carbocycles. The minimum atomic E-state index is -4.13. The molecule has 0 spiro atoms. The average Bonchev–Trinajstić information content (AvgIpc) is 2.84. The summed E-state index contributed by atoms with van der Waals surface area (Å²) in [5.41, 5.74) is 1.07. The quantitative estimate of drug-likeness (QED) is 0.374. The molecule has 0 atom stereocenters. The number of amides is 1. The van der Waals surface area contributed by atoms with Crippen LogP contribution in [0.5, 0.6) is 11.5 Å². The summed E-state index contributed by atoms with van der Waals surface area (Å²) >= 11 is 6.08. The molecule has 0 bridgehead atoms. The normalized spacial score (nSPS) is 11.1. The summed E-state index contributed by atoms with van der Waals surface area (Å²) in [5.74, 6) is 0.00704. The van der Waals surface area contributed by atoms with Gasteiger partial charge in [-0.1, -0.05) is 17.7 Å². The van der Waals surface area contributed by atoms with E-state index in [4.69, 9.17) is 21.1 Å². The van der Waals surface area contributed by atoms with E-state index in [1.165, 1.54) is 36.4 Å². The predicted octanol–water partition coefficient (Wildman–Crippen LogP) is 4.58. The van der Waals surface area contributed by atoms with Gasteiger partial charge in [-0.2, -0.15) is 0 Å². The molecule has 3 aromatic carbocycles. The van der Waals surface area contributed by atoms with E-state index in [1.54, 1.807) is 12.1 Å². The lowest BCUT2D eigenvalue weighted by Crippen LogP contribution is -2.41. The van der Waals surface area contributed by atoms with Crippen molar-refractivity contribution in [3.8, 4) is 11.5 Å². The molecule has 0 fully saturated rings. The van der Waals surface area contributed by atoms with E-state index in [1.807, 2.05) is 19.9 Å². The van der Waals surface area contributed by atoms with E-state index >= 15 is 0 Å². The number of nitrogens with zero attached hydrogens (tertiary/aromatic N) is 1. The summed E-state index contributed by atoms with van der Waals surface area (Å²) in [4.78, 5) is 12.6. The van der Waals surface area contributed by atoms with Crippen molar-refractivity contribution < 1.29 is 27.1 Å². The predicted molar refractivity (Wildman–Crippen MR) is 133 cm³/mol. The van der Waals surface area contributed by atoms with Gasteiger partial charge < -0.3 is 14.8 Å². The second-order valence-electron chi connectivity index (χ2n) is 7.50. The minimum Gasteiger partial charge on any atom is -0.494 e. The van der Waals surface area contributed by atoms with Gasteiger partial charge in [-0.25, -0.2) is 12.8 Å². The number of halogens is 2. The number of aryl methyl sites for hydroxylation is 1. The van der Waals surface area contributed by atoms with Crippen LogP contribution >= 0.6 is 11.6 Å². The first-order chi connectivity index (χ1) is 16.7. The van der Waals surface area contributed by atoms with Gasteiger partial charge in [-0.3, -0.25) is 9.10 Å². The van der Waals surface area contributed by atoms with Crippen molar-refractivity contribution in [3.05, 3.63) is 83.1 Å². The molecule has 0 radical (unpaired) electrons. The Bertz CT molecular complexity index is 1250. The highest BCUT2D eigenvalue weighted by molar-refractivity contribution is 7.92. The number of ether oxygens (including phenoxy) is 2. The van der Waals surface area contributed by atoms with Crippen LogP contribution in [0.15, 0.2) is 71.6 Å². The molecule has 0 aliphatic heterocycles. The van der Waals surface area contributed by atoms with Gasteiger partial charge in [0.25, 0.3) is 10.0 Å². The number of benzene rings is 3. The maximum Gasteiger partial charge on any atom is 0.264 e. The van der Waals surface area contributed by atoms with Crippen LogP contribution in [0.4, 0.5) is 10.1 Å². The van der Waals surface area contributed by atoms with E-state index in [0.29, 0.717) is 23.1 Å². The van der Waals surface area contributed by atoms with Crippen LogP contribution < -0.4 is 19.1 Å². The van der Waals surface area contributed by atoms with Gasteiger partial charge in [0.15, 0.2) is 0 Å². The molecule has 3 aromatic rings. The molecule has 7 nitrogen and oxygen atoms in total. The molecule has 35 heavy (non-hydrogen) atoms. The molecule has 3 rings (SSSR count). The minimum absolute atomic E-state index is 0.0299. The summed E-state index contributed by atoms with van der Waals surface area (Å²) in [6.45, 7) is 3.94. The Balaban J connectivity index is 1.70. The summed E-state index contributed by atoms with van der Waals surface area (Å²) < 4.78 is 52.1. The van der Waals surface area contributed by atoms with Crippen LogP contribution in [-0.4, -0.2) is 40.6 Å². The molecule has 0 aliphatic rings. The highest BCUT2D eigenvalue weighted by Gasteiger charge is 2.27. The van der Waals surface area contributed by atoms with Gasteiger partial charge in [-0.05, 0) is 80.1 Å². The fraction of sp³-hybridized carbons (Fsp3) is 0.240. The van der Waals surface area contributed by atoms with Crippen molar-refractivity contribution in [2.24, 2.45) is 0 Å². The van der Waals surface area contributed by atoms with E-state index in [0.717, 1.165) is 22.0 Å². The Morgan fingerprint density at radius 3 is 2.29 bits per heavy atom. The molecule has 1 amide bonds. The van der Waals surface area contributed by atoms with Crippen LogP contribution in [0.1, 0.15) is 12.5 Å². The van der Waals surface area contributed by atoms with Crippen LogP contribution in [0.25, 0.3) is 0 Å². The third kappa shape index (κ3) is 7.10. The largest absolute Gasteiger partial charge is 0.494 e. The standard InChI is InChI=1S/C25H26ClFN2O5S/c1-3-33-21-10-12-23(13-11-21)35(31,32)29(20-7-5-19(27)6-8-20)17-25(30)28-14-15-34-22-9-4-18(2)24(26)16-22/h4-13,16H,3,14-15,17H2,1-2H3,(H,28,30). The third-order valence-corrected chi connectivity index (χ3v) is 7.16. The summed E-state index contributed by atoms with van der Waals surface area (Å²) in [5, 5.41) is 3.21. The molecule has 0 saturated carbocycles. The second-order valence-corrected chi connectivity index (χ2v) is 9.77. The molecule has 1 N–H and O–H groups in total. The molecule has 0 saturated heterocycles. The Morgan fingerprint density at radius 1 is 1.00 bits per heavy atom. The SMILES string of the molecule is CCOc1ccc(S(=O)(=O)N(CC(=O)NCCOc2ccc(C)c(Cl)c2)c2ccc(F)cc2)cc1. The Morgan fingerprint density at radius 2 is 1.66 bits per heavy atom. The number of carbonyl (C=O) groups is 1. The molecule has 186 valence electrons. The monoisotopic (exact) mass is 520 g/mol. The second kappa shape index (κ2) is 11.9. The van der Waals surface area contributed by atoms with Gasteiger partial charge in [0.05, 0.1) is 23.7 Å². The lowest BCUT2D eigenvalue weighted by atomic mass is 10.2. The molecule has 0 unspecified atom stereocenters. The Labute approximate surface area is 209 Å². The van der Waals surface area contributed by atoms with E-state index in [-0.39, 0.29) is 23.7 Å². The van der Waals surface area contributed by atoms with Gasteiger partial charge in [-0.15, -0.1) is 0 Å². The highest BCUT2D eigenvalue weighted by atomic mass is 35.5. The number of carbonyl (C=O) groups excluding carboxylic acids is 1. The van der Waals surface area contributed by atoms with Gasteiger partial charge in [0.1, 0.15) is 30.5 Å². The molecular formula is C25H26ClFN2O5S.